The Bertz CT molecular complexity index is 763. The number of nitrogens with two attached hydrogens (primary N) is 1. The Labute approximate surface area is 192 Å². The molecule has 0 bridgehead atoms. The number of aliphatic imine (C=N–C) groups is 1. The van der Waals surface area contributed by atoms with Crippen molar-refractivity contribution >= 4 is 23.8 Å². The van der Waals surface area contributed by atoms with E-state index < -0.39 is 5.60 Å². The van der Waals surface area contributed by atoms with E-state index in [1.807, 2.05) is 13.2 Å². The van der Waals surface area contributed by atoms with Crippen molar-refractivity contribution in [2.24, 2.45) is 51.1 Å². The number of hydrogen-bond acceptors (Lipinski definition) is 5. The zero-order valence-corrected chi connectivity index (χ0v) is 20.7. The maximum atomic E-state index is 13.2. The molecule has 4 nitrogen and oxygen atoms in total. The van der Waals surface area contributed by atoms with Gasteiger partial charge in [0.1, 0.15) is 0 Å². The highest BCUT2D eigenvalue weighted by molar-refractivity contribution is 8.03. The van der Waals surface area contributed by atoms with Gasteiger partial charge in [-0.05, 0) is 105 Å². The lowest BCUT2D eigenvalue weighted by atomic mass is 9.44. The molecule has 4 rings (SSSR count). The van der Waals surface area contributed by atoms with Crippen molar-refractivity contribution in [2.75, 3.05) is 12.8 Å². The van der Waals surface area contributed by atoms with Crippen LogP contribution in [-0.2, 0) is 4.79 Å². The number of fused-ring (bicyclic) bond motifs is 5. The minimum absolute atomic E-state index is 0.142. The van der Waals surface area contributed by atoms with E-state index in [1.54, 1.807) is 24.2 Å². The summed E-state index contributed by atoms with van der Waals surface area (Å²) in [4.78, 5) is 18.5. The second-order valence-corrected chi connectivity index (χ2v) is 12.6. The number of carbonyl (C=O) groups is 1. The minimum atomic E-state index is -0.471. The Morgan fingerprint density at radius 2 is 1.81 bits per heavy atom. The first-order valence-corrected chi connectivity index (χ1v) is 13.6. The van der Waals surface area contributed by atoms with Crippen LogP contribution in [-0.4, -0.2) is 35.5 Å². The molecule has 5 heteroatoms. The van der Waals surface area contributed by atoms with Gasteiger partial charge in [-0.15, -0.1) is 11.8 Å². The van der Waals surface area contributed by atoms with E-state index in [4.69, 9.17) is 5.73 Å². The molecular weight excluding hydrogens is 404 g/mol. The van der Waals surface area contributed by atoms with Crippen molar-refractivity contribution in [1.82, 2.24) is 0 Å². The lowest BCUT2D eigenvalue weighted by Crippen LogP contribution is -2.55. The molecule has 174 valence electrons. The zero-order valence-electron chi connectivity index (χ0n) is 19.9. The van der Waals surface area contributed by atoms with Crippen molar-refractivity contribution in [3.8, 4) is 0 Å². The minimum Gasteiger partial charge on any atom is -0.404 e. The normalized spacial score (nSPS) is 47.6. The second kappa shape index (κ2) is 8.52. The molecule has 0 heterocycles. The van der Waals surface area contributed by atoms with Crippen molar-refractivity contribution in [3.63, 3.8) is 0 Å². The lowest BCUT2D eigenvalue weighted by Gasteiger charge is -2.61. The number of hydrogen-bond donors (Lipinski definition) is 2. The summed E-state index contributed by atoms with van der Waals surface area (Å²) in [6.45, 7) is 7.28. The molecule has 0 aliphatic heterocycles. The summed E-state index contributed by atoms with van der Waals surface area (Å²) in [7, 11) is 0. The monoisotopic (exact) mass is 446 g/mol. The molecule has 3 N–H and O–H groups in total. The third-order valence-corrected chi connectivity index (χ3v) is 10.9. The smallest absolute Gasteiger partial charge is 0.157 e. The molecule has 4 aliphatic rings. The fourth-order valence-corrected chi connectivity index (χ4v) is 8.78. The van der Waals surface area contributed by atoms with Crippen molar-refractivity contribution in [2.45, 2.75) is 84.2 Å². The van der Waals surface area contributed by atoms with Gasteiger partial charge in [0.05, 0.1) is 12.1 Å². The molecular formula is C26H42N2O2S. The Kier molecular flexibility index (Phi) is 6.42. The summed E-state index contributed by atoms with van der Waals surface area (Å²) < 4.78 is 0. The molecule has 0 aromatic heterocycles. The van der Waals surface area contributed by atoms with E-state index in [1.165, 1.54) is 38.5 Å². The molecule has 0 spiro atoms. The Hall–Kier alpha value is -0.810. The van der Waals surface area contributed by atoms with Gasteiger partial charge in [-0.25, -0.2) is 0 Å². The van der Waals surface area contributed by atoms with E-state index >= 15 is 0 Å². The van der Waals surface area contributed by atoms with Crippen LogP contribution in [0.3, 0.4) is 0 Å². The molecule has 0 aromatic carbocycles. The summed E-state index contributed by atoms with van der Waals surface area (Å²) in [5.74, 6) is 3.35. The van der Waals surface area contributed by atoms with Crippen LogP contribution < -0.4 is 5.73 Å². The van der Waals surface area contributed by atoms with Gasteiger partial charge in [0.15, 0.2) is 5.78 Å². The highest BCUT2D eigenvalue weighted by atomic mass is 32.2. The maximum Gasteiger partial charge on any atom is 0.157 e. The van der Waals surface area contributed by atoms with E-state index in [9.17, 15) is 9.90 Å². The van der Waals surface area contributed by atoms with Crippen molar-refractivity contribution < 1.29 is 9.90 Å². The Balaban J connectivity index is 1.47. The first-order chi connectivity index (χ1) is 14.6. The van der Waals surface area contributed by atoms with E-state index in [0.29, 0.717) is 23.0 Å². The predicted octanol–water partition coefficient (Wildman–Crippen LogP) is 5.20. The first kappa shape index (κ1) is 23.4. The number of ketones is 1. The maximum absolute atomic E-state index is 13.2. The van der Waals surface area contributed by atoms with E-state index in [0.717, 1.165) is 36.0 Å². The zero-order chi connectivity index (χ0) is 22.4. The molecule has 0 radical (unpaired) electrons. The van der Waals surface area contributed by atoms with Crippen LogP contribution in [0.5, 0.6) is 0 Å². The SMILES string of the molecule is CS/C(C=NCC(=O)[C@H]1CC[C@H]2[C@@H]3CC[C@H]4C[C@](C)(O)CC[C@]4(C)[C@H]3CC[C@]12C)=C\N. The van der Waals surface area contributed by atoms with Crippen molar-refractivity contribution in [3.05, 3.63) is 11.1 Å². The second-order valence-electron chi connectivity index (χ2n) is 11.7. The van der Waals surface area contributed by atoms with Crippen LogP contribution in [0.2, 0.25) is 0 Å². The van der Waals surface area contributed by atoms with Gasteiger partial charge in [-0.2, -0.15) is 0 Å². The van der Waals surface area contributed by atoms with Crippen LogP contribution in [0, 0.1) is 40.4 Å². The average Bonchev–Trinajstić information content (AvgIpc) is 3.09. The van der Waals surface area contributed by atoms with Crippen LogP contribution in [0.1, 0.15) is 78.6 Å². The molecule has 8 atom stereocenters. The van der Waals surface area contributed by atoms with Crippen LogP contribution in [0.25, 0.3) is 0 Å². The van der Waals surface area contributed by atoms with Crippen LogP contribution in [0.15, 0.2) is 16.1 Å². The fraction of sp³-hybridized carbons (Fsp3) is 0.846. The van der Waals surface area contributed by atoms with Crippen LogP contribution >= 0.6 is 11.8 Å². The number of rotatable bonds is 5. The van der Waals surface area contributed by atoms with Gasteiger partial charge < -0.3 is 10.8 Å². The third kappa shape index (κ3) is 4.03. The molecule has 4 saturated carbocycles. The number of Topliss-reactive ketones (excluding diaryl/α,β-unsaturated/α-hetero) is 1. The van der Waals surface area contributed by atoms with Crippen LogP contribution in [0.4, 0.5) is 0 Å². The largest absolute Gasteiger partial charge is 0.404 e. The average molecular weight is 447 g/mol. The van der Waals surface area contributed by atoms with Gasteiger partial charge in [0, 0.05) is 23.2 Å². The molecule has 0 unspecified atom stereocenters. The Morgan fingerprint density at radius 1 is 1.06 bits per heavy atom. The van der Waals surface area contributed by atoms with Gasteiger partial charge in [0.2, 0.25) is 0 Å². The van der Waals surface area contributed by atoms with Gasteiger partial charge >= 0.3 is 0 Å². The highest BCUT2D eigenvalue weighted by Gasteiger charge is 2.61. The number of thioether (sulfide) groups is 1. The molecule has 4 aliphatic carbocycles. The molecule has 0 aromatic rings. The number of nitrogens with zero attached hydrogens (tertiary/aromatic N) is 1. The highest BCUT2D eigenvalue weighted by Crippen LogP contribution is 2.68. The first-order valence-electron chi connectivity index (χ1n) is 12.4. The van der Waals surface area contributed by atoms with Gasteiger partial charge in [-0.1, -0.05) is 13.8 Å². The predicted molar refractivity (Wildman–Crippen MR) is 130 cm³/mol. The Morgan fingerprint density at radius 3 is 2.52 bits per heavy atom. The molecule has 31 heavy (non-hydrogen) atoms. The molecule has 4 fully saturated rings. The third-order valence-electron chi connectivity index (χ3n) is 10.2. The number of carbonyl (C=O) groups excluding carboxylic acids is 1. The molecule has 0 saturated heterocycles. The summed E-state index contributed by atoms with van der Waals surface area (Å²) >= 11 is 1.55. The molecule has 0 amide bonds. The van der Waals surface area contributed by atoms with E-state index in [-0.39, 0.29) is 17.9 Å². The summed E-state index contributed by atoms with van der Waals surface area (Å²) in [6, 6.07) is 0. The summed E-state index contributed by atoms with van der Waals surface area (Å²) in [5.41, 5.74) is 5.64. The number of allylic oxidation sites excluding steroid dienone is 1. The van der Waals surface area contributed by atoms with Crippen molar-refractivity contribution in [1.29, 1.82) is 0 Å². The fourth-order valence-electron chi connectivity index (χ4n) is 8.46. The topological polar surface area (TPSA) is 75.7 Å². The quantitative estimate of drug-likeness (QED) is 0.569. The van der Waals surface area contributed by atoms with Gasteiger partial charge in [-0.3, -0.25) is 9.79 Å². The van der Waals surface area contributed by atoms with E-state index in [2.05, 4.69) is 18.8 Å². The lowest BCUT2D eigenvalue weighted by molar-refractivity contribution is -0.150. The number of aliphatic hydroxyl groups is 1. The summed E-state index contributed by atoms with van der Waals surface area (Å²) in [5, 5.41) is 10.7. The summed E-state index contributed by atoms with van der Waals surface area (Å²) in [6.07, 6.45) is 15.6. The standard InChI is InChI=1S/C26H42N2O2S/c1-24(30)11-12-25(2)17(13-24)5-6-19-20-7-8-22(26(20,3)10-9-21(19)25)23(29)16-28-15-18(14-27)31-4/h14-15,17,19-22,30H,5-13,16,27H2,1-4H3/b18-14-,28-15?/t17-,19-,20-,21-,22+,24+,25-,26-/m0/s1. The van der Waals surface area contributed by atoms with Gasteiger partial charge in [0.25, 0.3) is 0 Å².